The number of pyridine rings is 1. The first kappa shape index (κ1) is 12.4. The van der Waals surface area contributed by atoms with Gasteiger partial charge in [0.1, 0.15) is 0 Å². The van der Waals surface area contributed by atoms with E-state index < -0.39 is 0 Å². The molecule has 0 amide bonds. The summed E-state index contributed by atoms with van der Waals surface area (Å²) in [6.07, 6.45) is 7.23. The van der Waals surface area contributed by atoms with Crippen LogP contribution in [0.1, 0.15) is 23.1 Å². The zero-order valence-electron chi connectivity index (χ0n) is 11.0. The van der Waals surface area contributed by atoms with Gasteiger partial charge in [-0.1, -0.05) is 30.3 Å². The summed E-state index contributed by atoms with van der Waals surface area (Å²) in [5, 5.41) is 10.4. The molecule has 0 fully saturated rings. The Morgan fingerprint density at radius 1 is 1.16 bits per heavy atom. The molecule has 1 aromatic carbocycles. The maximum Gasteiger partial charge on any atom is 0.0612 e. The fourth-order valence-electron chi connectivity index (χ4n) is 2.98. The normalized spacial score (nSPS) is 19.7. The predicted molar refractivity (Wildman–Crippen MR) is 75.9 cm³/mol. The number of benzene rings is 1. The van der Waals surface area contributed by atoms with Crippen LogP contribution in [0.3, 0.4) is 0 Å². The Kier molecular flexibility index (Phi) is 3.60. The second-order valence-electron chi connectivity index (χ2n) is 5.40. The van der Waals surface area contributed by atoms with Gasteiger partial charge in [-0.25, -0.2) is 0 Å². The van der Waals surface area contributed by atoms with Crippen molar-refractivity contribution in [3.63, 3.8) is 0 Å². The lowest BCUT2D eigenvalue weighted by Crippen LogP contribution is -2.28. The Morgan fingerprint density at radius 2 is 2.00 bits per heavy atom. The van der Waals surface area contributed by atoms with Gasteiger partial charge >= 0.3 is 0 Å². The Balaban J connectivity index is 1.68. The number of hydrogen-bond acceptors (Lipinski definition) is 2. The Hall–Kier alpha value is -1.67. The van der Waals surface area contributed by atoms with Gasteiger partial charge in [-0.3, -0.25) is 4.98 Å². The molecule has 1 aliphatic carbocycles. The highest BCUT2D eigenvalue weighted by Crippen LogP contribution is 2.28. The SMILES string of the molecule is OC(Cc1cccnc1)C1CCc2ccccc2C1. The summed E-state index contributed by atoms with van der Waals surface area (Å²) in [6, 6.07) is 12.6. The lowest BCUT2D eigenvalue weighted by atomic mass is 9.80. The summed E-state index contributed by atoms with van der Waals surface area (Å²) >= 11 is 0. The van der Waals surface area contributed by atoms with Crippen molar-refractivity contribution in [3.05, 3.63) is 65.5 Å². The average Bonchev–Trinajstić information content (AvgIpc) is 2.48. The largest absolute Gasteiger partial charge is 0.392 e. The zero-order chi connectivity index (χ0) is 13.1. The third-order valence-corrected chi connectivity index (χ3v) is 4.10. The molecular weight excluding hydrogens is 234 g/mol. The molecule has 0 bridgehead atoms. The van der Waals surface area contributed by atoms with Crippen LogP contribution in [0.25, 0.3) is 0 Å². The third kappa shape index (κ3) is 2.85. The van der Waals surface area contributed by atoms with E-state index >= 15 is 0 Å². The number of aromatic nitrogens is 1. The Labute approximate surface area is 114 Å². The summed E-state index contributed by atoms with van der Waals surface area (Å²) < 4.78 is 0. The summed E-state index contributed by atoms with van der Waals surface area (Å²) in [5.74, 6) is 0.370. The first-order chi connectivity index (χ1) is 9.33. The molecule has 3 rings (SSSR count). The van der Waals surface area contributed by atoms with Crippen LogP contribution in [0.15, 0.2) is 48.8 Å². The van der Waals surface area contributed by atoms with Gasteiger partial charge in [0, 0.05) is 18.8 Å². The molecule has 0 saturated carbocycles. The van der Waals surface area contributed by atoms with E-state index in [0.29, 0.717) is 12.3 Å². The summed E-state index contributed by atoms with van der Waals surface area (Å²) in [5.41, 5.74) is 3.98. The smallest absolute Gasteiger partial charge is 0.0612 e. The standard InChI is InChI=1S/C17H19NO/c19-17(10-13-4-3-9-18-12-13)16-8-7-14-5-1-2-6-15(14)11-16/h1-6,9,12,16-17,19H,7-8,10-11H2. The third-order valence-electron chi connectivity index (χ3n) is 4.10. The van der Waals surface area contributed by atoms with Gasteiger partial charge in [0.05, 0.1) is 6.10 Å². The highest BCUT2D eigenvalue weighted by Gasteiger charge is 2.24. The number of aliphatic hydroxyl groups is 1. The monoisotopic (exact) mass is 253 g/mol. The summed E-state index contributed by atoms with van der Waals surface area (Å²) in [4.78, 5) is 4.11. The van der Waals surface area contributed by atoms with Crippen molar-refractivity contribution in [2.24, 2.45) is 5.92 Å². The van der Waals surface area contributed by atoms with Crippen LogP contribution in [0.5, 0.6) is 0 Å². The van der Waals surface area contributed by atoms with Crippen molar-refractivity contribution in [2.75, 3.05) is 0 Å². The summed E-state index contributed by atoms with van der Waals surface area (Å²) in [7, 11) is 0. The lowest BCUT2D eigenvalue weighted by molar-refractivity contribution is 0.0992. The van der Waals surface area contributed by atoms with Gasteiger partial charge in [-0.2, -0.15) is 0 Å². The van der Waals surface area contributed by atoms with Crippen LogP contribution in [0, 0.1) is 5.92 Å². The van der Waals surface area contributed by atoms with Gasteiger partial charge < -0.3 is 5.11 Å². The van der Waals surface area contributed by atoms with Crippen molar-refractivity contribution >= 4 is 0 Å². The molecule has 1 N–H and O–H groups in total. The van der Waals surface area contributed by atoms with E-state index in [-0.39, 0.29) is 6.10 Å². The van der Waals surface area contributed by atoms with E-state index in [4.69, 9.17) is 0 Å². The van der Waals surface area contributed by atoms with E-state index in [1.165, 1.54) is 11.1 Å². The molecule has 0 radical (unpaired) electrons. The van der Waals surface area contributed by atoms with Crippen LogP contribution in [0.2, 0.25) is 0 Å². The minimum Gasteiger partial charge on any atom is -0.392 e. The first-order valence-corrected chi connectivity index (χ1v) is 6.96. The van der Waals surface area contributed by atoms with E-state index in [0.717, 1.165) is 24.8 Å². The fraction of sp³-hybridized carbons (Fsp3) is 0.353. The Bertz CT molecular complexity index is 538. The molecule has 1 aliphatic rings. The number of hydrogen-bond donors (Lipinski definition) is 1. The van der Waals surface area contributed by atoms with Crippen LogP contribution >= 0.6 is 0 Å². The number of fused-ring (bicyclic) bond motifs is 1. The van der Waals surface area contributed by atoms with Crippen LogP contribution < -0.4 is 0 Å². The van der Waals surface area contributed by atoms with Crippen molar-refractivity contribution in [1.82, 2.24) is 4.98 Å². The van der Waals surface area contributed by atoms with E-state index in [9.17, 15) is 5.11 Å². The quantitative estimate of drug-likeness (QED) is 0.912. The van der Waals surface area contributed by atoms with E-state index in [1.807, 2.05) is 18.3 Å². The molecule has 1 aromatic heterocycles. The van der Waals surface area contributed by atoms with Crippen molar-refractivity contribution < 1.29 is 5.11 Å². The minimum atomic E-state index is -0.266. The lowest BCUT2D eigenvalue weighted by Gasteiger charge is -2.28. The van der Waals surface area contributed by atoms with Crippen LogP contribution in [-0.2, 0) is 19.3 Å². The van der Waals surface area contributed by atoms with Gasteiger partial charge in [0.15, 0.2) is 0 Å². The summed E-state index contributed by atoms with van der Waals surface area (Å²) in [6.45, 7) is 0. The molecule has 2 unspecified atom stereocenters. The van der Waals surface area contributed by atoms with Crippen LogP contribution in [-0.4, -0.2) is 16.2 Å². The van der Waals surface area contributed by atoms with Crippen molar-refractivity contribution in [2.45, 2.75) is 31.8 Å². The molecular formula is C17H19NO. The number of aliphatic hydroxyl groups excluding tert-OH is 1. The number of aryl methyl sites for hydroxylation is 1. The molecule has 98 valence electrons. The van der Waals surface area contributed by atoms with Gasteiger partial charge in [0.25, 0.3) is 0 Å². The van der Waals surface area contributed by atoms with Crippen LogP contribution in [0.4, 0.5) is 0 Å². The highest BCUT2D eigenvalue weighted by molar-refractivity contribution is 5.30. The van der Waals surface area contributed by atoms with E-state index in [2.05, 4.69) is 29.2 Å². The molecule has 0 saturated heterocycles. The molecule has 0 aliphatic heterocycles. The average molecular weight is 253 g/mol. The van der Waals surface area contributed by atoms with Crippen molar-refractivity contribution in [3.8, 4) is 0 Å². The highest BCUT2D eigenvalue weighted by atomic mass is 16.3. The number of nitrogens with zero attached hydrogens (tertiary/aromatic N) is 1. The second-order valence-corrected chi connectivity index (χ2v) is 5.40. The second kappa shape index (κ2) is 5.54. The molecule has 0 spiro atoms. The van der Waals surface area contributed by atoms with Gasteiger partial charge in [-0.15, -0.1) is 0 Å². The molecule has 2 nitrogen and oxygen atoms in total. The molecule has 19 heavy (non-hydrogen) atoms. The van der Waals surface area contributed by atoms with E-state index in [1.54, 1.807) is 6.20 Å². The Morgan fingerprint density at radius 3 is 2.79 bits per heavy atom. The van der Waals surface area contributed by atoms with Gasteiger partial charge in [-0.05, 0) is 47.9 Å². The maximum absolute atomic E-state index is 10.4. The maximum atomic E-state index is 10.4. The number of rotatable bonds is 3. The molecule has 1 heterocycles. The minimum absolute atomic E-state index is 0.266. The van der Waals surface area contributed by atoms with Crippen molar-refractivity contribution in [1.29, 1.82) is 0 Å². The molecule has 2 atom stereocenters. The fourth-order valence-corrected chi connectivity index (χ4v) is 2.98. The zero-order valence-corrected chi connectivity index (χ0v) is 11.0. The molecule has 2 aromatic rings. The topological polar surface area (TPSA) is 33.1 Å². The molecule has 2 heteroatoms. The predicted octanol–water partition coefficient (Wildman–Crippen LogP) is 2.79. The van der Waals surface area contributed by atoms with Gasteiger partial charge in [0.2, 0.25) is 0 Å². The first-order valence-electron chi connectivity index (χ1n) is 6.96.